The molecule has 0 unspecified atom stereocenters. The first-order valence-electron chi connectivity index (χ1n) is 4.79. The Morgan fingerprint density at radius 1 is 0.750 bits per heavy atom. The second kappa shape index (κ2) is 4.00. The predicted molar refractivity (Wildman–Crippen MR) is 56.5 cm³/mol. The van der Waals surface area contributed by atoms with E-state index in [1.165, 1.54) is 24.3 Å². The van der Waals surface area contributed by atoms with E-state index in [-0.39, 0.29) is 5.82 Å². The van der Waals surface area contributed by atoms with Gasteiger partial charge in [-0.2, -0.15) is 0 Å². The average Bonchev–Trinajstić information content (AvgIpc) is 2.20. The van der Waals surface area contributed by atoms with Crippen molar-refractivity contribution < 1.29 is 13.2 Å². The van der Waals surface area contributed by atoms with E-state index >= 15 is 0 Å². The quantitative estimate of drug-likeness (QED) is 0.682. The molecule has 0 N–H and O–H groups in total. The summed E-state index contributed by atoms with van der Waals surface area (Å²) in [7, 11) is 0. The van der Waals surface area contributed by atoms with Crippen molar-refractivity contribution in [3.63, 3.8) is 0 Å². The first-order valence-corrected chi connectivity index (χ1v) is 4.79. The van der Waals surface area contributed by atoms with E-state index in [9.17, 15) is 13.2 Å². The largest absolute Gasteiger partial charge is 0.207 e. The Labute approximate surface area is 91.4 Å². The fourth-order valence-electron chi connectivity index (χ4n) is 1.54. The van der Waals surface area contributed by atoms with Gasteiger partial charge in [-0.3, -0.25) is 0 Å². The van der Waals surface area contributed by atoms with Gasteiger partial charge in [0.25, 0.3) is 0 Å². The topological polar surface area (TPSA) is 0 Å². The summed E-state index contributed by atoms with van der Waals surface area (Å²) < 4.78 is 39.0. The molecule has 0 nitrogen and oxygen atoms in total. The minimum absolute atomic E-state index is 0.333. The lowest BCUT2D eigenvalue weighted by Crippen LogP contribution is -1.87. The van der Waals surface area contributed by atoms with Crippen LogP contribution in [0.4, 0.5) is 13.2 Å². The Morgan fingerprint density at radius 2 is 1.38 bits per heavy atom. The van der Waals surface area contributed by atoms with Gasteiger partial charge in [-0.25, -0.2) is 13.2 Å². The highest BCUT2D eigenvalue weighted by Crippen LogP contribution is 2.23. The maximum Gasteiger partial charge on any atom is 0.126 e. The Balaban J connectivity index is 2.54. The molecular weight excluding hydrogens is 213 g/mol. The predicted octanol–water partition coefficient (Wildman–Crippen LogP) is 4.08. The molecule has 0 aromatic heterocycles. The van der Waals surface area contributed by atoms with Gasteiger partial charge in [0.15, 0.2) is 0 Å². The third kappa shape index (κ3) is 2.08. The van der Waals surface area contributed by atoms with E-state index in [2.05, 4.69) is 0 Å². The molecule has 2 aromatic carbocycles. The average molecular weight is 222 g/mol. The number of halogens is 3. The van der Waals surface area contributed by atoms with E-state index in [0.717, 1.165) is 6.07 Å². The zero-order valence-corrected chi connectivity index (χ0v) is 8.60. The molecule has 0 aliphatic rings. The lowest BCUT2D eigenvalue weighted by molar-refractivity contribution is 0.584. The molecule has 0 radical (unpaired) electrons. The van der Waals surface area contributed by atoms with Crippen LogP contribution in [0.2, 0.25) is 0 Å². The van der Waals surface area contributed by atoms with Crippen LogP contribution < -0.4 is 0 Å². The highest BCUT2D eigenvalue weighted by atomic mass is 19.1. The first kappa shape index (κ1) is 10.7. The molecule has 0 aliphatic carbocycles. The normalized spacial score (nSPS) is 10.5. The van der Waals surface area contributed by atoms with Crippen molar-refractivity contribution in [3.05, 3.63) is 59.4 Å². The summed E-state index contributed by atoms with van der Waals surface area (Å²) in [4.78, 5) is 0. The molecule has 0 saturated carbocycles. The molecule has 0 atom stereocenters. The van der Waals surface area contributed by atoms with Crippen molar-refractivity contribution in [2.75, 3.05) is 0 Å². The van der Waals surface area contributed by atoms with E-state index < -0.39 is 11.6 Å². The van der Waals surface area contributed by atoms with Crippen LogP contribution in [0.5, 0.6) is 0 Å². The van der Waals surface area contributed by atoms with Crippen molar-refractivity contribution in [2.45, 2.75) is 6.92 Å². The van der Waals surface area contributed by atoms with Crippen LogP contribution in [0.15, 0.2) is 36.4 Å². The summed E-state index contributed by atoms with van der Waals surface area (Å²) >= 11 is 0. The van der Waals surface area contributed by atoms with Crippen LogP contribution in [0.25, 0.3) is 11.1 Å². The molecule has 16 heavy (non-hydrogen) atoms. The molecular formula is C13H9F3. The second-order valence-electron chi connectivity index (χ2n) is 3.62. The number of benzene rings is 2. The molecule has 0 bridgehead atoms. The maximum atomic E-state index is 13.0. The van der Waals surface area contributed by atoms with Gasteiger partial charge in [-0.1, -0.05) is 6.07 Å². The van der Waals surface area contributed by atoms with E-state index in [1.807, 2.05) is 0 Å². The van der Waals surface area contributed by atoms with Crippen molar-refractivity contribution >= 4 is 0 Å². The van der Waals surface area contributed by atoms with Crippen LogP contribution in [0, 0.1) is 24.4 Å². The maximum absolute atomic E-state index is 13.0. The van der Waals surface area contributed by atoms with Crippen LogP contribution in [0.3, 0.4) is 0 Å². The van der Waals surface area contributed by atoms with E-state index in [1.54, 1.807) is 13.0 Å². The van der Waals surface area contributed by atoms with Gasteiger partial charge >= 0.3 is 0 Å². The zero-order chi connectivity index (χ0) is 11.7. The number of rotatable bonds is 1. The molecule has 0 heterocycles. The lowest BCUT2D eigenvalue weighted by atomic mass is 10.0. The monoisotopic (exact) mass is 222 g/mol. The van der Waals surface area contributed by atoms with Crippen molar-refractivity contribution in [2.24, 2.45) is 0 Å². The number of aryl methyl sites for hydroxylation is 1. The SMILES string of the molecule is Cc1cc(-c2cc(F)cc(F)c2)ccc1F. The Bertz CT molecular complexity index is 512. The van der Waals surface area contributed by atoms with Gasteiger partial charge in [-0.15, -0.1) is 0 Å². The summed E-state index contributed by atoms with van der Waals surface area (Å²) in [6.45, 7) is 1.61. The van der Waals surface area contributed by atoms with Gasteiger partial charge in [0, 0.05) is 6.07 Å². The minimum Gasteiger partial charge on any atom is -0.207 e. The molecule has 0 amide bonds. The van der Waals surface area contributed by atoms with Crippen LogP contribution in [-0.2, 0) is 0 Å². The smallest absolute Gasteiger partial charge is 0.126 e. The molecule has 0 fully saturated rings. The summed E-state index contributed by atoms with van der Waals surface area (Å²) in [5, 5.41) is 0. The van der Waals surface area contributed by atoms with Gasteiger partial charge < -0.3 is 0 Å². The van der Waals surface area contributed by atoms with Gasteiger partial charge in [0.2, 0.25) is 0 Å². The van der Waals surface area contributed by atoms with Crippen molar-refractivity contribution in [1.29, 1.82) is 0 Å². The second-order valence-corrected chi connectivity index (χ2v) is 3.62. The van der Waals surface area contributed by atoms with Gasteiger partial charge in [0.05, 0.1) is 0 Å². The van der Waals surface area contributed by atoms with Crippen LogP contribution in [-0.4, -0.2) is 0 Å². The summed E-state index contributed by atoms with van der Waals surface area (Å²) in [6, 6.07) is 7.58. The Morgan fingerprint density at radius 3 is 1.94 bits per heavy atom. The standard InChI is InChI=1S/C13H9F3/c1-8-4-9(2-3-13(8)16)10-5-11(14)7-12(15)6-10/h2-7H,1H3. The Kier molecular flexibility index (Phi) is 2.69. The molecule has 0 saturated heterocycles. The highest BCUT2D eigenvalue weighted by molar-refractivity contribution is 5.64. The molecule has 0 aliphatic heterocycles. The lowest BCUT2D eigenvalue weighted by Gasteiger charge is -2.04. The molecule has 2 aromatic rings. The van der Waals surface area contributed by atoms with Gasteiger partial charge in [0.1, 0.15) is 17.5 Å². The molecule has 2 rings (SSSR count). The number of hydrogen-bond donors (Lipinski definition) is 0. The fourth-order valence-corrected chi connectivity index (χ4v) is 1.54. The summed E-state index contributed by atoms with van der Waals surface area (Å²) in [5.74, 6) is -1.62. The van der Waals surface area contributed by atoms with Crippen LogP contribution >= 0.6 is 0 Å². The van der Waals surface area contributed by atoms with Crippen LogP contribution in [0.1, 0.15) is 5.56 Å². The van der Waals surface area contributed by atoms with E-state index in [0.29, 0.717) is 16.7 Å². The molecule has 82 valence electrons. The molecule has 3 heteroatoms. The third-order valence-electron chi connectivity index (χ3n) is 2.35. The Hall–Kier alpha value is -1.77. The highest BCUT2D eigenvalue weighted by Gasteiger charge is 2.05. The van der Waals surface area contributed by atoms with Crippen molar-refractivity contribution in [3.8, 4) is 11.1 Å². The minimum atomic E-state index is -0.642. The first-order chi connectivity index (χ1) is 7.56. The fraction of sp³-hybridized carbons (Fsp3) is 0.0769. The molecule has 0 spiro atoms. The zero-order valence-electron chi connectivity index (χ0n) is 8.60. The number of hydrogen-bond acceptors (Lipinski definition) is 0. The summed E-state index contributed by atoms with van der Waals surface area (Å²) in [5.41, 5.74) is 1.44. The third-order valence-corrected chi connectivity index (χ3v) is 2.35. The van der Waals surface area contributed by atoms with Gasteiger partial charge in [-0.05, 0) is 47.9 Å². The van der Waals surface area contributed by atoms with Crippen molar-refractivity contribution in [1.82, 2.24) is 0 Å². The van der Waals surface area contributed by atoms with E-state index in [4.69, 9.17) is 0 Å². The summed E-state index contributed by atoms with van der Waals surface area (Å²) in [6.07, 6.45) is 0.